The second-order valence-electron chi connectivity index (χ2n) is 6.88. The molecule has 0 radical (unpaired) electrons. The van der Waals surface area contributed by atoms with Gasteiger partial charge < -0.3 is 5.32 Å². The van der Waals surface area contributed by atoms with Crippen LogP contribution in [-0.2, 0) is 17.9 Å². The number of imidazole rings is 1. The standard InChI is InChI=1S/C19H30N4O2/c1-6-21-16-9-7-8-10-17(16)23(19(21)25)13-18(24)20-11-12-22(14(2)3)15(4)5/h7-10,14-15H,6,11-13H2,1-5H3,(H,20,24). The summed E-state index contributed by atoms with van der Waals surface area (Å²) >= 11 is 0. The molecule has 0 unspecified atom stereocenters. The van der Waals surface area contributed by atoms with Gasteiger partial charge in [-0.05, 0) is 46.8 Å². The first-order valence-electron chi connectivity index (χ1n) is 9.07. The van der Waals surface area contributed by atoms with E-state index >= 15 is 0 Å². The molecule has 0 bridgehead atoms. The molecule has 25 heavy (non-hydrogen) atoms. The SMILES string of the molecule is CCn1c(=O)n(CC(=O)NCCN(C(C)C)C(C)C)c2ccccc21. The molecule has 0 spiro atoms. The Balaban J connectivity index is 2.05. The number of hydrogen-bond acceptors (Lipinski definition) is 3. The Labute approximate surface area is 149 Å². The zero-order chi connectivity index (χ0) is 18.6. The van der Waals surface area contributed by atoms with Gasteiger partial charge in [0.05, 0.1) is 11.0 Å². The van der Waals surface area contributed by atoms with E-state index in [4.69, 9.17) is 0 Å². The van der Waals surface area contributed by atoms with Gasteiger partial charge in [0.1, 0.15) is 6.54 Å². The Bertz CT molecular complexity index is 765. The number of para-hydroxylation sites is 2. The lowest BCUT2D eigenvalue weighted by Crippen LogP contribution is -2.43. The summed E-state index contributed by atoms with van der Waals surface area (Å²) in [4.78, 5) is 27.2. The number of nitrogens with zero attached hydrogens (tertiary/aromatic N) is 3. The number of carbonyl (C=O) groups excluding carboxylic acids is 1. The Morgan fingerprint density at radius 2 is 1.64 bits per heavy atom. The van der Waals surface area contributed by atoms with Crippen molar-refractivity contribution >= 4 is 16.9 Å². The van der Waals surface area contributed by atoms with Crippen molar-refractivity contribution in [2.24, 2.45) is 0 Å². The molecule has 1 aromatic carbocycles. The number of benzene rings is 1. The van der Waals surface area contributed by atoms with E-state index in [0.29, 0.717) is 25.2 Å². The van der Waals surface area contributed by atoms with Crippen molar-refractivity contribution in [3.05, 3.63) is 34.7 Å². The molecule has 1 N–H and O–H groups in total. The van der Waals surface area contributed by atoms with Crippen molar-refractivity contribution in [3.8, 4) is 0 Å². The van der Waals surface area contributed by atoms with E-state index in [1.165, 1.54) is 0 Å². The zero-order valence-electron chi connectivity index (χ0n) is 16.0. The zero-order valence-corrected chi connectivity index (χ0v) is 16.0. The third-order valence-electron chi connectivity index (χ3n) is 4.56. The Morgan fingerprint density at radius 3 is 2.16 bits per heavy atom. The molecule has 0 aliphatic heterocycles. The smallest absolute Gasteiger partial charge is 0.329 e. The van der Waals surface area contributed by atoms with Crippen molar-refractivity contribution in [3.63, 3.8) is 0 Å². The molecule has 1 amide bonds. The molecule has 2 rings (SSSR count). The van der Waals surface area contributed by atoms with Crippen LogP contribution in [-0.4, -0.2) is 45.1 Å². The summed E-state index contributed by atoms with van der Waals surface area (Å²) in [5, 5.41) is 2.94. The van der Waals surface area contributed by atoms with Crippen LogP contribution in [0.1, 0.15) is 34.6 Å². The molecule has 138 valence electrons. The highest BCUT2D eigenvalue weighted by molar-refractivity contribution is 5.80. The van der Waals surface area contributed by atoms with Gasteiger partial charge in [-0.2, -0.15) is 0 Å². The van der Waals surface area contributed by atoms with Crippen molar-refractivity contribution in [2.45, 2.75) is 59.8 Å². The maximum atomic E-state index is 12.6. The molecule has 0 aliphatic carbocycles. The predicted octanol–water partition coefficient (Wildman–Crippen LogP) is 2.06. The summed E-state index contributed by atoms with van der Waals surface area (Å²) < 4.78 is 3.25. The van der Waals surface area contributed by atoms with Crippen LogP contribution in [0.3, 0.4) is 0 Å². The van der Waals surface area contributed by atoms with E-state index in [2.05, 4.69) is 37.9 Å². The highest BCUT2D eigenvalue weighted by atomic mass is 16.2. The third-order valence-corrected chi connectivity index (χ3v) is 4.56. The molecule has 6 heteroatoms. The summed E-state index contributed by atoms with van der Waals surface area (Å²) in [5.74, 6) is -0.131. The average molecular weight is 346 g/mol. The van der Waals surface area contributed by atoms with Crippen molar-refractivity contribution in [1.29, 1.82) is 0 Å². The molecule has 0 aliphatic rings. The average Bonchev–Trinajstić information content (AvgIpc) is 2.82. The molecule has 1 aromatic heterocycles. The predicted molar refractivity (Wildman–Crippen MR) is 102 cm³/mol. The molecular formula is C19H30N4O2. The quantitative estimate of drug-likeness (QED) is 0.796. The lowest BCUT2D eigenvalue weighted by atomic mass is 10.2. The van der Waals surface area contributed by atoms with Crippen molar-refractivity contribution < 1.29 is 4.79 Å². The highest BCUT2D eigenvalue weighted by Gasteiger charge is 2.16. The van der Waals surface area contributed by atoms with Crippen LogP contribution in [0, 0.1) is 0 Å². The van der Waals surface area contributed by atoms with Gasteiger partial charge >= 0.3 is 5.69 Å². The first-order chi connectivity index (χ1) is 11.9. The van der Waals surface area contributed by atoms with Crippen LogP contribution in [0.15, 0.2) is 29.1 Å². The summed E-state index contributed by atoms with van der Waals surface area (Å²) in [6, 6.07) is 8.46. The van der Waals surface area contributed by atoms with Crippen LogP contribution in [0.5, 0.6) is 0 Å². The van der Waals surface area contributed by atoms with Crippen LogP contribution >= 0.6 is 0 Å². The van der Waals surface area contributed by atoms with E-state index in [1.54, 1.807) is 9.13 Å². The summed E-state index contributed by atoms with van der Waals surface area (Å²) in [5.41, 5.74) is 1.54. The first-order valence-corrected chi connectivity index (χ1v) is 9.07. The molecule has 2 aromatic rings. The minimum atomic E-state index is -0.134. The molecule has 0 saturated heterocycles. The monoisotopic (exact) mass is 346 g/mol. The largest absolute Gasteiger partial charge is 0.353 e. The van der Waals surface area contributed by atoms with Crippen LogP contribution < -0.4 is 11.0 Å². The lowest BCUT2D eigenvalue weighted by molar-refractivity contribution is -0.121. The van der Waals surface area contributed by atoms with Gasteiger partial charge in [0.25, 0.3) is 0 Å². The maximum absolute atomic E-state index is 12.6. The normalized spacial score (nSPS) is 11.8. The molecule has 0 saturated carbocycles. The van der Waals surface area contributed by atoms with E-state index in [-0.39, 0.29) is 18.1 Å². The van der Waals surface area contributed by atoms with Crippen molar-refractivity contribution in [1.82, 2.24) is 19.4 Å². The number of fused-ring (bicyclic) bond motifs is 1. The molecular weight excluding hydrogens is 316 g/mol. The van der Waals surface area contributed by atoms with Crippen LogP contribution in [0.4, 0.5) is 0 Å². The van der Waals surface area contributed by atoms with E-state index in [0.717, 1.165) is 17.6 Å². The molecule has 0 fully saturated rings. The topological polar surface area (TPSA) is 59.3 Å². The van der Waals surface area contributed by atoms with Gasteiger partial charge in [-0.1, -0.05) is 12.1 Å². The molecule has 6 nitrogen and oxygen atoms in total. The minimum absolute atomic E-state index is 0.0513. The number of hydrogen-bond donors (Lipinski definition) is 1. The van der Waals surface area contributed by atoms with Gasteiger partial charge in [-0.15, -0.1) is 0 Å². The number of amides is 1. The number of nitrogens with one attached hydrogen (secondary N) is 1. The number of aromatic nitrogens is 2. The Hall–Kier alpha value is -2.08. The second-order valence-corrected chi connectivity index (χ2v) is 6.88. The van der Waals surface area contributed by atoms with Gasteiger partial charge in [-0.25, -0.2) is 4.79 Å². The summed E-state index contributed by atoms with van der Waals surface area (Å²) in [6.45, 7) is 12.6. The van der Waals surface area contributed by atoms with Gasteiger partial charge in [0.2, 0.25) is 5.91 Å². The number of aryl methyl sites for hydroxylation is 1. The lowest BCUT2D eigenvalue weighted by Gasteiger charge is -2.30. The number of rotatable bonds is 8. The highest BCUT2D eigenvalue weighted by Crippen LogP contribution is 2.12. The van der Waals surface area contributed by atoms with E-state index in [1.807, 2.05) is 31.2 Å². The van der Waals surface area contributed by atoms with Crippen LogP contribution in [0.25, 0.3) is 11.0 Å². The van der Waals surface area contributed by atoms with Crippen molar-refractivity contribution in [2.75, 3.05) is 13.1 Å². The fourth-order valence-corrected chi connectivity index (χ4v) is 3.37. The fraction of sp³-hybridized carbons (Fsp3) is 0.579. The summed E-state index contributed by atoms with van der Waals surface area (Å²) in [6.07, 6.45) is 0. The third kappa shape index (κ3) is 4.31. The molecule has 0 atom stereocenters. The maximum Gasteiger partial charge on any atom is 0.329 e. The van der Waals surface area contributed by atoms with Gasteiger partial charge in [0, 0.05) is 31.7 Å². The fourth-order valence-electron chi connectivity index (χ4n) is 3.37. The van der Waals surface area contributed by atoms with Crippen LogP contribution in [0.2, 0.25) is 0 Å². The van der Waals surface area contributed by atoms with E-state index < -0.39 is 0 Å². The summed E-state index contributed by atoms with van der Waals surface area (Å²) in [7, 11) is 0. The minimum Gasteiger partial charge on any atom is -0.353 e. The molecule has 1 heterocycles. The van der Waals surface area contributed by atoms with Gasteiger partial charge in [0.15, 0.2) is 0 Å². The second kappa shape index (κ2) is 8.34. The van der Waals surface area contributed by atoms with Gasteiger partial charge in [-0.3, -0.25) is 18.8 Å². The first kappa shape index (κ1) is 19.2. The Morgan fingerprint density at radius 1 is 1.08 bits per heavy atom. The Kier molecular flexibility index (Phi) is 6.42. The number of carbonyl (C=O) groups is 1. The van der Waals surface area contributed by atoms with E-state index in [9.17, 15) is 9.59 Å².